The Kier molecular flexibility index (Phi) is 3.94. The minimum atomic E-state index is -0.184. The van der Waals surface area contributed by atoms with Gasteiger partial charge in [0.1, 0.15) is 5.75 Å². The Morgan fingerprint density at radius 1 is 1.21 bits per heavy atom. The number of benzene rings is 1. The second-order valence-electron chi connectivity index (χ2n) is 7.80. The van der Waals surface area contributed by atoms with Gasteiger partial charge in [0.2, 0.25) is 0 Å². The van der Waals surface area contributed by atoms with Crippen molar-refractivity contribution in [1.29, 1.82) is 0 Å². The summed E-state index contributed by atoms with van der Waals surface area (Å²) in [6.45, 7) is 0. The number of nitrogens with zero attached hydrogens (tertiary/aromatic N) is 1. The molecule has 2 N–H and O–H groups in total. The Balaban J connectivity index is 1.34. The van der Waals surface area contributed by atoms with Crippen molar-refractivity contribution in [1.82, 2.24) is 10.7 Å². The summed E-state index contributed by atoms with van der Waals surface area (Å²) in [6.07, 6.45) is 9.19. The molecule has 4 bridgehead atoms. The Hall–Kier alpha value is -2.04. The third-order valence-corrected chi connectivity index (χ3v) is 5.89. The lowest BCUT2D eigenvalue weighted by Crippen LogP contribution is -2.61. The van der Waals surface area contributed by atoms with Crippen molar-refractivity contribution in [2.24, 2.45) is 22.9 Å². The number of hydrazone groups is 1. The number of urea groups is 1. The Bertz CT molecular complexity index is 620. The normalized spacial score (nSPS) is 33.6. The van der Waals surface area contributed by atoms with Crippen molar-refractivity contribution in [3.63, 3.8) is 0 Å². The van der Waals surface area contributed by atoms with E-state index in [0.717, 1.165) is 48.3 Å². The smallest absolute Gasteiger partial charge is 0.335 e. The predicted molar refractivity (Wildman–Crippen MR) is 93.2 cm³/mol. The van der Waals surface area contributed by atoms with E-state index in [2.05, 4.69) is 15.8 Å². The molecule has 0 aromatic heterocycles. The quantitative estimate of drug-likeness (QED) is 0.658. The molecule has 4 aliphatic carbocycles. The topological polar surface area (TPSA) is 62.7 Å². The average molecular weight is 327 g/mol. The highest BCUT2D eigenvalue weighted by atomic mass is 16.5. The first-order valence-corrected chi connectivity index (χ1v) is 8.89. The number of hydrogen-bond acceptors (Lipinski definition) is 3. The monoisotopic (exact) mass is 327 g/mol. The minimum Gasteiger partial charge on any atom is -0.497 e. The summed E-state index contributed by atoms with van der Waals surface area (Å²) in [4.78, 5) is 12.3. The first kappa shape index (κ1) is 15.5. The molecule has 4 fully saturated rings. The zero-order chi connectivity index (χ0) is 16.6. The van der Waals surface area contributed by atoms with E-state index in [9.17, 15) is 4.79 Å². The summed E-state index contributed by atoms with van der Waals surface area (Å²) in [7, 11) is 1.63. The van der Waals surface area contributed by atoms with Crippen molar-refractivity contribution in [2.45, 2.75) is 44.1 Å². The van der Waals surface area contributed by atoms with Crippen LogP contribution in [0.25, 0.3) is 0 Å². The zero-order valence-electron chi connectivity index (χ0n) is 14.1. The lowest BCUT2D eigenvalue weighted by Gasteiger charge is -2.56. The van der Waals surface area contributed by atoms with Crippen LogP contribution >= 0.6 is 0 Å². The molecular formula is C19H25N3O2. The van der Waals surface area contributed by atoms with Crippen molar-refractivity contribution < 1.29 is 9.53 Å². The van der Waals surface area contributed by atoms with Gasteiger partial charge in [0.25, 0.3) is 0 Å². The molecule has 0 unspecified atom stereocenters. The third kappa shape index (κ3) is 3.12. The Labute approximate surface area is 142 Å². The van der Waals surface area contributed by atoms with Crippen LogP contribution in [-0.4, -0.2) is 24.9 Å². The second kappa shape index (κ2) is 6.11. The van der Waals surface area contributed by atoms with Crippen LogP contribution in [0.15, 0.2) is 29.4 Å². The second-order valence-corrected chi connectivity index (χ2v) is 7.80. The van der Waals surface area contributed by atoms with E-state index < -0.39 is 0 Å². The number of methoxy groups -OCH3 is 1. The van der Waals surface area contributed by atoms with Crippen LogP contribution in [0, 0.1) is 17.8 Å². The van der Waals surface area contributed by atoms with Gasteiger partial charge in [-0.05, 0) is 74.0 Å². The molecule has 0 aliphatic heterocycles. The molecule has 128 valence electrons. The molecule has 5 heteroatoms. The predicted octanol–water partition coefficient (Wildman–Crippen LogP) is 3.30. The van der Waals surface area contributed by atoms with Gasteiger partial charge in [-0.2, -0.15) is 5.10 Å². The van der Waals surface area contributed by atoms with Crippen molar-refractivity contribution >= 4 is 12.2 Å². The van der Waals surface area contributed by atoms with Crippen LogP contribution in [0.4, 0.5) is 4.79 Å². The third-order valence-electron chi connectivity index (χ3n) is 5.89. The van der Waals surface area contributed by atoms with E-state index in [0.29, 0.717) is 0 Å². The van der Waals surface area contributed by atoms with Gasteiger partial charge in [0.15, 0.2) is 0 Å². The first-order valence-electron chi connectivity index (χ1n) is 8.89. The number of amides is 2. The lowest BCUT2D eigenvalue weighted by atomic mass is 9.53. The molecular weight excluding hydrogens is 302 g/mol. The fraction of sp³-hybridized carbons (Fsp3) is 0.579. The molecule has 5 rings (SSSR count). The number of carbonyl (C=O) groups excluding carboxylic acids is 1. The highest BCUT2D eigenvalue weighted by Gasteiger charge is 2.51. The maximum atomic E-state index is 12.3. The van der Waals surface area contributed by atoms with Gasteiger partial charge in [-0.15, -0.1) is 0 Å². The molecule has 24 heavy (non-hydrogen) atoms. The Morgan fingerprint density at radius 2 is 1.88 bits per heavy atom. The van der Waals surface area contributed by atoms with Crippen molar-refractivity contribution in [2.75, 3.05) is 7.11 Å². The number of ether oxygens (including phenoxy) is 1. The van der Waals surface area contributed by atoms with Gasteiger partial charge >= 0.3 is 6.03 Å². The number of carbonyl (C=O) groups is 1. The van der Waals surface area contributed by atoms with Gasteiger partial charge in [-0.25, -0.2) is 10.2 Å². The summed E-state index contributed by atoms with van der Waals surface area (Å²) < 4.78 is 5.18. The van der Waals surface area contributed by atoms with Crippen molar-refractivity contribution in [3.8, 4) is 5.75 Å². The lowest BCUT2D eigenvalue weighted by molar-refractivity contribution is -0.0135. The average Bonchev–Trinajstić information content (AvgIpc) is 2.53. The molecule has 5 nitrogen and oxygen atoms in total. The van der Waals surface area contributed by atoms with Crippen LogP contribution in [0.5, 0.6) is 5.75 Å². The SMILES string of the molecule is COc1cccc(/C=N/NC(=O)NC23CC4CC(CC(C4)C2)C3)c1. The van der Waals surface area contributed by atoms with Crippen molar-refractivity contribution in [3.05, 3.63) is 29.8 Å². The maximum absolute atomic E-state index is 12.3. The summed E-state index contributed by atoms with van der Waals surface area (Å²) in [5.41, 5.74) is 3.53. The van der Waals surface area contributed by atoms with Gasteiger partial charge in [0, 0.05) is 5.54 Å². The number of rotatable bonds is 4. The highest BCUT2D eigenvalue weighted by molar-refractivity contribution is 5.82. The summed E-state index contributed by atoms with van der Waals surface area (Å²) in [5.74, 6) is 3.22. The molecule has 1 aromatic carbocycles. The van der Waals surface area contributed by atoms with E-state index in [4.69, 9.17) is 4.74 Å². The molecule has 4 aliphatic rings. The van der Waals surface area contributed by atoms with E-state index in [1.54, 1.807) is 13.3 Å². The Morgan fingerprint density at radius 3 is 2.50 bits per heavy atom. The molecule has 0 atom stereocenters. The van der Waals surface area contributed by atoms with E-state index in [-0.39, 0.29) is 11.6 Å². The van der Waals surface area contributed by atoms with Crippen LogP contribution in [0.1, 0.15) is 44.1 Å². The fourth-order valence-corrected chi connectivity index (χ4v) is 5.42. The van der Waals surface area contributed by atoms with E-state index >= 15 is 0 Å². The summed E-state index contributed by atoms with van der Waals surface area (Å²) in [6, 6.07) is 7.39. The zero-order valence-corrected chi connectivity index (χ0v) is 14.1. The van der Waals surface area contributed by atoms with E-state index in [1.807, 2.05) is 24.3 Å². The fourth-order valence-electron chi connectivity index (χ4n) is 5.42. The highest BCUT2D eigenvalue weighted by Crippen LogP contribution is 2.55. The van der Waals surface area contributed by atoms with Crippen LogP contribution in [0.2, 0.25) is 0 Å². The summed E-state index contributed by atoms with van der Waals surface area (Å²) in [5, 5.41) is 7.32. The van der Waals surface area contributed by atoms with E-state index in [1.165, 1.54) is 19.3 Å². The maximum Gasteiger partial charge on any atom is 0.335 e. The van der Waals surface area contributed by atoms with Crippen LogP contribution in [-0.2, 0) is 0 Å². The van der Waals surface area contributed by atoms with Gasteiger partial charge < -0.3 is 10.1 Å². The minimum absolute atomic E-state index is 0.0182. The van der Waals surface area contributed by atoms with Gasteiger partial charge in [-0.1, -0.05) is 12.1 Å². The molecule has 0 radical (unpaired) electrons. The molecule has 1 aromatic rings. The molecule has 0 spiro atoms. The molecule has 0 saturated heterocycles. The number of hydrogen-bond donors (Lipinski definition) is 2. The van der Waals surface area contributed by atoms with Crippen LogP contribution < -0.4 is 15.5 Å². The van der Waals surface area contributed by atoms with Gasteiger partial charge in [-0.3, -0.25) is 0 Å². The standard InChI is InChI=1S/C19H25N3O2/c1-24-17-4-2-3-13(8-17)12-20-22-18(23)21-19-9-14-5-15(10-19)7-16(6-14)11-19/h2-4,8,12,14-16H,5-7,9-11H2,1H3,(H2,21,22,23)/b20-12+. The molecule has 0 heterocycles. The number of nitrogens with one attached hydrogen (secondary N) is 2. The van der Waals surface area contributed by atoms with Gasteiger partial charge in [0.05, 0.1) is 13.3 Å². The summed E-state index contributed by atoms with van der Waals surface area (Å²) >= 11 is 0. The molecule has 4 saturated carbocycles. The molecule has 2 amide bonds. The largest absolute Gasteiger partial charge is 0.497 e. The van der Waals surface area contributed by atoms with Crippen LogP contribution in [0.3, 0.4) is 0 Å². The first-order chi connectivity index (χ1) is 11.6.